The first-order chi connectivity index (χ1) is 10.4. The zero-order valence-electron chi connectivity index (χ0n) is 10.9. The minimum absolute atomic E-state index is 0.117. The van der Waals surface area contributed by atoms with Gasteiger partial charge in [-0.2, -0.15) is 0 Å². The SMILES string of the molecule is O=S(=O)(c1ccc(F)cc1)c1cnc2ccc(F)cc2c1Cl. The lowest BCUT2D eigenvalue weighted by atomic mass is 10.2. The van der Waals surface area contributed by atoms with E-state index in [2.05, 4.69) is 4.98 Å². The number of hydrogen-bond acceptors (Lipinski definition) is 3. The Morgan fingerprint density at radius 2 is 1.59 bits per heavy atom. The van der Waals surface area contributed by atoms with E-state index in [4.69, 9.17) is 11.6 Å². The molecule has 0 N–H and O–H groups in total. The monoisotopic (exact) mass is 339 g/mol. The topological polar surface area (TPSA) is 47.0 Å². The molecule has 3 aromatic rings. The average molecular weight is 340 g/mol. The molecule has 0 bridgehead atoms. The Labute approximate surface area is 130 Å². The van der Waals surface area contributed by atoms with Crippen molar-refractivity contribution < 1.29 is 17.2 Å². The van der Waals surface area contributed by atoms with Crippen molar-refractivity contribution in [2.75, 3.05) is 0 Å². The predicted octanol–water partition coefficient (Wildman–Crippen LogP) is 4.00. The van der Waals surface area contributed by atoms with Gasteiger partial charge in [0.05, 0.1) is 15.4 Å². The van der Waals surface area contributed by atoms with E-state index in [1.165, 1.54) is 12.1 Å². The van der Waals surface area contributed by atoms with E-state index in [0.717, 1.165) is 36.5 Å². The van der Waals surface area contributed by atoms with Gasteiger partial charge in [-0.3, -0.25) is 4.98 Å². The van der Waals surface area contributed by atoms with Crippen molar-refractivity contribution in [1.29, 1.82) is 0 Å². The maximum absolute atomic E-state index is 13.3. The van der Waals surface area contributed by atoms with Gasteiger partial charge in [0.25, 0.3) is 0 Å². The Morgan fingerprint density at radius 3 is 2.27 bits per heavy atom. The first-order valence-electron chi connectivity index (χ1n) is 6.14. The molecule has 0 fully saturated rings. The summed E-state index contributed by atoms with van der Waals surface area (Å²) in [6, 6.07) is 8.08. The van der Waals surface area contributed by atoms with Gasteiger partial charge in [0.15, 0.2) is 0 Å². The van der Waals surface area contributed by atoms with Gasteiger partial charge in [0.1, 0.15) is 16.5 Å². The van der Waals surface area contributed by atoms with Gasteiger partial charge in [0.2, 0.25) is 9.84 Å². The molecule has 0 unspecified atom stereocenters. The molecular weight excluding hydrogens is 332 g/mol. The first kappa shape index (κ1) is 14.9. The molecule has 1 heterocycles. The van der Waals surface area contributed by atoms with Crippen molar-refractivity contribution >= 4 is 32.3 Å². The molecule has 3 rings (SSSR count). The molecule has 0 aliphatic heterocycles. The van der Waals surface area contributed by atoms with E-state index in [0.29, 0.717) is 5.52 Å². The molecule has 22 heavy (non-hydrogen) atoms. The van der Waals surface area contributed by atoms with Crippen molar-refractivity contribution in [3.63, 3.8) is 0 Å². The molecule has 0 aliphatic carbocycles. The molecule has 112 valence electrons. The van der Waals surface area contributed by atoms with Crippen molar-refractivity contribution in [1.82, 2.24) is 4.98 Å². The number of sulfone groups is 1. The largest absolute Gasteiger partial charge is 0.255 e. The zero-order valence-corrected chi connectivity index (χ0v) is 12.5. The average Bonchev–Trinajstić information content (AvgIpc) is 2.48. The summed E-state index contributed by atoms with van der Waals surface area (Å²) in [5, 5.41) is 0.0821. The fraction of sp³-hybridized carbons (Fsp3) is 0. The third kappa shape index (κ3) is 2.44. The number of pyridine rings is 1. The summed E-state index contributed by atoms with van der Waals surface area (Å²) < 4.78 is 51.4. The Balaban J connectivity index is 2.25. The minimum atomic E-state index is -3.97. The van der Waals surface area contributed by atoms with Crippen molar-refractivity contribution in [3.8, 4) is 0 Å². The van der Waals surface area contributed by atoms with Crippen LogP contribution in [0.1, 0.15) is 0 Å². The molecule has 0 spiro atoms. The van der Waals surface area contributed by atoms with E-state index >= 15 is 0 Å². The number of halogens is 3. The van der Waals surface area contributed by atoms with Gasteiger partial charge in [-0.05, 0) is 42.5 Å². The molecule has 0 atom stereocenters. The highest BCUT2D eigenvalue weighted by Gasteiger charge is 2.23. The first-order valence-corrected chi connectivity index (χ1v) is 8.00. The summed E-state index contributed by atoms with van der Waals surface area (Å²) in [5.41, 5.74) is 0.379. The fourth-order valence-electron chi connectivity index (χ4n) is 2.04. The van der Waals surface area contributed by atoms with Crippen molar-refractivity contribution in [2.45, 2.75) is 9.79 Å². The standard InChI is InChI=1S/C15H8ClF2NO2S/c16-15-12-7-10(18)3-6-13(12)19-8-14(15)22(20,21)11-4-1-9(17)2-5-11/h1-8H. The number of hydrogen-bond donors (Lipinski definition) is 0. The van der Waals surface area contributed by atoms with Gasteiger partial charge in [-0.1, -0.05) is 11.6 Å². The second-order valence-corrected chi connectivity index (χ2v) is 6.85. The van der Waals surface area contributed by atoms with Crippen LogP contribution in [0.25, 0.3) is 10.9 Å². The third-order valence-corrected chi connectivity index (χ3v) is 5.45. The van der Waals surface area contributed by atoms with Crippen LogP contribution in [0.4, 0.5) is 8.78 Å². The second kappa shape index (κ2) is 5.30. The molecule has 0 aliphatic rings. The molecule has 1 aromatic heterocycles. The molecule has 0 radical (unpaired) electrons. The quantitative estimate of drug-likeness (QED) is 0.663. The van der Waals surface area contributed by atoms with Crippen LogP contribution in [0.2, 0.25) is 5.02 Å². The highest BCUT2D eigenvalue weighted by molar-refractivity contribution is 7.91. The normalized spacial score (nSPS) is 11.8. The molecule has 3 nitrogen and oxygen atoms in total. The Bertz CT molecular complexity index is 973. The molecule has 0 saturated heterocycles. The maximum Gasteiger partial charge on any atom is 0.209 e. The van der Waals surface area contributed by atoms with Gasteiger partial charge in [-0.15, -0.1) is 0 Å². The molecule has 2 aromatic carbocycles. The zero-order chi connectivity index (χ0) is 15.9. The number of fused-ring (bicyclic) bond motifs is 1. The van der Waals surface area contributed by atoms with Crippen LogP contribution >= 0.6 is 11.6 Å². The Hall–Kier alpha value is -2.05. The number of nitrogens with zero attached hydrogens (tertiary/aromatic N) is 1. The van der Waals surface area contributed by atoms with Crippen LogP contribution in [-0.4, -0.2) is 13.4 Å². The van der Waals surface area contributed by atoms with Crippen LogP contribution in [0.3, 0.4) is 0 Å². The van der Waals surface area contributed by atoms with E-state index in [-0.39, 0.29) is 20.2 Å². The van der Waals surface area contributed by atoms with Crippen molar-refractivity contribution in [2.24, 2.45) is 0 Å². The lowest BCUT2D eigenvalue weighted by Crippen LogP contribution is -2.04. The number of rotatable bonds is 2. The lowest BCUT2D eigenvalue weighted by molar-refractivity contribution is 0.594. The molecule has 0 amide bonds. The summed E-state index contributed by atoms with van der Waals surface area (Å²) >= 11 is 6.12. The van der Waals surface area contributed by atoms with Crippen LogP contribution in [0.5, 0.6) is 0 Å². The van der Waals surface area contributed by atoms with Gasteiger partial charge < -0.3 is 0 Å². The lowest BCUT2D eigenvalue weighted by Gasteiger charge is -2.08. The maximum atomic E-state index is 13.3. The van der Waals surface area contributed by atoms with Gasteiger partial charge >= 0.3 is 0 Å². The van der Waals surface area contributed by atoms with Crippen molar-refractivity contribution in [3.05, 3.63) is 65.3 Å². The smallest absolute Gasteiger partial charge is 0.209 e. The Kier molecular flexibility index (Phi) is 3.58. The summed E-state index contributed by atoms with van der Waals surface area (Å²) in [6.45, 7) is 0. The Morgan fingerprint density at radius 1 is 0.955 bits per heavy atom. The number of aromatic nitrogens is 1. The summed E-state index contributed by atoms with van der Waals surface area (Å²) in [4.78, 5) is 3.62. The molecule has 0 saturated carbocycles. The van der Waals surface area contributed by atoms with E-state index in [9.17, 15) is 17.2 Å². The molecule has 7 heteroatoms. The highest BCUT2D eigenvalue weighted by atomic mass is 35.5. The van der Waals surface area contributed by atoms with E-state index in [1.807, 2.05) is 0 Å². The second-order valence-electron chi connectivity index (χ2n) is 4.56. The molecular formula is C15H8ClF2NO2S. The number of benzene rings is 2. The minimum Gasteiger partial charge on any atom is -0.255 e. The van der Waals surface area contributed by atoms with Gasteiger partial charge in [0, 0.05) is 11.6 Å². The third-order valence-electron chi connectivity index (χ3n) is 3.15. The van der Waals surface area contributed by atoms with E-state index in [1.54, 1.807) is 0 Å². The predicted molar refractivity (Wildman–Crippen MR) is 78.6 cm³/mol. The summed E-state index contributed by atoms with van der Waals surface area (Å²) in [6.07, 6.45) is 1.11. The van der Waals surface area contributed by atoms with Crippen LogP contribution < -0.4 is 0 Å². The highest BCUT2D eigenvalue weighted by Crippen LogP contribution is 2.32. The van der Waals surface area contributed by atoms with Gasteiger partial charge in [-0.25, -0.2) is 17.2 Å². The van der Waals surface area contributed by atoms with Crippen LogP contribution in [0, 0.1) is 11.6 Å². The van der Waals surface area contributed by atoms with E-state index < -0.39 is 21.5 Å². The summed E-state index contributed by atoms with van der Waals surface area (Å²) in [5.74, 6) is -1.10. The fourth-order valence-corrected chi connectivity index (χ4v) is 3.83. The van der Waals surface area contributed by atoms with Crippen LogP contribution in [0.15, 0.2) is 58.5 Å². The summed E-state index contributed by atoms with van der Waals surface area (Å²) in [7, 11) is -3.97. The van der Waals surface area contributed by atoms with Crippen LogP contribution in [-0.2, 0) is 9.84 Å².